The molecule has 0 heterocycles. The number of hydrogen-bond acceptors (Lipinski definition) is 1. The van der Waals surface area contributed by atoms with Crippen molar-refractivity contribution in [3.63, 3.8) is 0 Å². The molecule has 19 heavy (non-hydrogen) atoms. The first kappa shape index (κ1) is 15.7. The predicted octanol–water partition coefficient (Wildman–Crippen LogP) is 5.03. The first-order valence-corrected chi connectivity index (χ1v) is 7.45. The van der Waals surface area contributed by atoms with Crippen molar-refractivity contribution in [2.24, 2.45) is 0 Å². The predicted molar refractivity (Wildman–Crippen MR) is 82.7 cm³/mol. The number of hydrogen-bond donors (Lipinski definition) is 1. The summed E-state index contributed by atoms with van der Waals surface area (Å²) in [6.07, 6.45) is 5.19. The minimum Gasteiger partial charge on any atom is -0.326 e. The first-order valence-electron chi connectivity index (χ1n) is 7.45. The van der Waals surface area contributed by atoms with Crippen LogP contribution in [-0.2, 0) is 4.79 Å². The highest BCUT2D eigenvalue weighted by atomic mass is 16.1. The zero-order valence-electron chi connectivity index (χ0n) is 12.8. The Labute approximate surface area is 117 Å². The van der Waals surface area contributed by atoms with Crippen molar-refractivity contribution < 1.29 is 4.79 Å². The second kappa shape index (κ2) is 7.98. The van der Waals surface area contributed by atoms with E-state index in [2.05, 4.69) is 51.2 Å². The fraction of sp³-hybridized carbons (Fsp3) is 0.588. The van der Waals surface area contributed by atoms with Crippen LogP contribution in [0, 0.1) is 6.92 Å². The van der Waals surface area contributed by atoms with Crippen molar-refractivity contribution in [1.29, 1.82) is 0 Å². The van der Waals surface area contributed by atoms with Gasteiger partial charge < -0.3 is 5.32 Å². The number of unbranched alkanes of at least 4 members (excludes halogenated alkanes) is 3. The molecule has 2 nitrogen and oxygen atoms in total. The average molecular weight is 261 g/mol. The summed E-state index contributed by atoms with van der Waals surface area (Å²) >= 11 is 0. The third kappa shape index (κ3) is 5.06. The molecule has 1 aromatic rings. The van der Waals surface area contributed by atoms with Gasteiger partial charge >= 0.3 is 0 Å². The second-order valence-corrected chi connectivity index (χ2v) is 5.55. The Kier molecular flexibility index (Phi) is 6.61. The zero-order chi connectivity index (χ0) is 14.3. The molecule has 0 aliphatic carbocycles. The van der Waals surface area contributed by atoms with E-state index >= 15 is 0 Å². The van der Waals surface area contributed by atoms with Gasteiger partial charge in [0, 0.05) is 12.1 Å². The van der Waals surface area contributed by atoms with E-state index in [0.29, 0.717) is 12.3 Å². The van der Waals surface area contributed by atoms with E-state index in [1.54, 1.807) is 0 Å². The molecule has 1 rings (SSSR count). The number of para-hydroxylation sites is 1. The Hall–Kier alpha value is -1.31. The van der Waals surface area contributed by atoms with Crippen LogP contribution in [0.3, 0.4) is 0 Å². The van der Waals surface area contributed by atoms with Crippen molar-refractivity contribution in [2.75, 3.05) is 5.32 Å². The molecular formula is C17H27NO. The minimum atomic E-state index is 0.146. The molecular weight excluding hydrogens is 234 g/mol. The molecule has 1 N–H and O–H groups in total. The van der Waals surface area contributed by atoms with E-state index in [1.807, 2.05) is 0 Å². The molecule has 0 aromatic heterocycles. The van der Waals surface area contributed by atoms with Gasteiger partial charge in [0.2, 0.25) is 5.91 Å². The monoisotopic (exact) mass is 261 g/mol. The van der Waals surface area contributed by atoms with Gasteiger partial charge in [-0.25, -0.2) is 0 Å². The standard InChI is InChI=1S/C17H27NO/c1-5-6-7-8-12-16(19)18-17-14(4)10-9-11-15(17)13(2)3/h9-11,13H,5-8,12H2,1-4H3,(H,18,19). The lowest BCUT2D eigenvalue weighted by atomic mass is 9.98. The maximum Gasteiger partial charge on any atom is 0.224 e. The molecule has 0 radical (unpaired) electrons. The molecule has 0 fully saturated rings. The number of benzene rings is 1. The minimum absolute atomic E-state index is 0.146. The normalized spacial score (nSPS) is 10.8. The van der Waals surface area contributed by atoms with Crippen molar-refractivity contribution in [3.05, 3.63) is 29.3 Å². The Bertz CT molecular complexity index is 410. The Balaban J connectivity index is 2.63. The molecule has 2 heteroatoms. The largest absolute Gasteiger partial charge is 0.326 e. The molecule has 0 unspecified atom stereocenters. The van der Waals surface area contributed by atoms with Crippen molar-refractivity contribution in [3.8, 4) is 0 Å². The van der Waals surface area contributed by atoms with Crippen molar-refractivity contribution in [2.45, 2.75) is 65.7 Å². The lowest BCUT2D eigenvalue weighted by Gasteiger charge is -2.16. The smallest absolute Gasteiger partial charge is 0.224 e. The number of anilines is 1. The van der Waals surface area contributed by atoms with E-state index < -0.39 is 0 Å². The molecule has 0 aliphatic heterocycles. The highest BCUT2D eigenvalue weighted by molar-refractivity contribution is 5.92. The summed E-state index contributed by atoms with van der Waals surface area (Å²) in [6.45, 7) is 8.55. The Morgan fingerprint density at radius 1 is 1.21 bits per heavy atom. The summed E-state index contributed by atoms with van der Waals surface area (Å²) in [7, 11) is 0. The molecule has 0 atom stereocenters. The van der Waals surface area contributed by atoms with E-state index in [0.717, 1.165) is 24.1 Å². The zero-order valence-corrected chi connectivity index (χ0v) is 12.8. The van der Waals surface area contributed by atoms with Gasteiger partial charge in [-0.1, -0.05) is 58.2 Å². The van der Waals surface area contributed by atoms with Gasteiger partial charge in [-0.2, -0.15) is 0 Å². The molecule has 1 aromatic carbocycles. The van der Waals surface area contributed by atoms with Gasteiger partial charge in [0.1, 0.15) is 0 Å². The molecule has 106 valence electrons. The molecule has 0 saturated carbocycles. The SMILES string of the molecule is CCCCCCC(=O)Nc1c(C)cccc1C(C)C. The van der Waals surface area contributed by atoms with E-state index in [9.17, 15) is 4.79 Å². The van der Waals surface area contributed by atoms with E-state index in [-0.39, 0.29) is 5.91 Å². The van der Waals surface area contributed by atoms with Gasteiger partial charge in [0.15, 0.2) is 0 Å². The number of rotatable bonds is 7. The van der Waals surface area contributed by atoms with Crippen molar-refractivity contribution >= 4 is 11.6 Å². The number of nitrogens with one attached hydrogen (secondary N) is 1. The number of carbonyl (C=O) groups is 1. The number of aryl methyl sites for hydroxylation is 1. The Morgan fingerprint density at radius 2 is 1.95 bits per heavy atom. The van der Waals surface area contributed by atoms with E-state index in [1.165, 1.54) is 18.4 Å². The molecule has 0 spiro atoms. The van der Waals surface area contributed by atoms with Crippen LogP contribution in [0.1, 0.15) is 69.9 Å². The fourth-order valence-corrected chi connectivity index (χ4v) is 2.26. The van der Waals surface area contributed by atoms with E-state index in [4.69, 9.17) is 0 Å². The maximum absolute atomic E-state index is 12.0. The van der Waals surface area contributed by atoms with Gasteiger partial charge in [0.25, 0.3) is 0 Å². The fourth-order valence-electron chi connectivity index (χ4n) is 2.26. The third-order valence-electron chi connectivity index (χ3n) is 3.45. The van der Waals surface area contributed by atoms with Crippen LogP contribution in [0.2, 0.25) is 0 Å². The summed E-state index contributed by atoms with van der Waals surface area (Å²) in [5.74, 6) is 0.572. The van der Waals surface area contributed by atoms with Crippen LogP contribution in [-0.4, -0.2) is 5.91 Å². The van der Waals surface area contributed by atoms with Gasteiger partial charge in [-0.3, -0.25) is 4.79 Å². The van der Waals surface area contributed by atoms with Gasteiger partial charge in [-0.15, -0.1) is 0 Å². The van der Waals surface area contributed by atoms with Gasteiger partial charge in [-0.05, 0) is 30.4 Å². The number of carbonyl (C=O) groups excluding carboxylic acids is 1. The van der Waals surface area contributed by atoms with Crippen LogP contribution in [0.15, 0.2) is 18.2 Å². The topological polar surface area (TPSA) is 29.1 Å². The highest BCUT2D eigenvalue weighted by Crippen LogP contribution is 2.27. The van der Waals surface area contributed by atoms with Crippen LogP contribution >= 0.6 is 0 Å². The molecule has 0 saturated heterocycles. The van der Waals surface area contributed by atoms with Crippen LogP contribution in [0.5, 0.6) is 0 Å². The highest BCUT2D eigenvalue weighted by Gasteiger charge is 2.11. The third-order valence-corrected chi connectivity index (χ3v) is 3.45. The van der Waals surface area contributed by atoms with Crippen LogP contribution in [0.25, 0.3) is 0 Å². The quantitative estimate of drug-likeness (QED) is 0.685. The molecule has 1 amide bonds. The van der Waals surface area contributed by atoms with Gasteiger partial charge in [0.05, 0.1) is 0 Å². The van der Waals surface area contributed by atoms with Crippen molar-refractivity contribution in [1.82, 2.24) is 0 Å². The second-order valence-electron chi connectivity index (χ2n) is 5.55. The summed E-state index contributed by atoms with van der Waals surface area (Å²) in [5.41, 5.74) is 3.38. The summed E-state index contributed by atoms with van der Waals surface area (Å²) in [4.78, 5) is 12.0. The Morgan fingerprint density at radius 3 is 2.58 bits per heavy atom. The summed E-state index contributed by atoms with van der Waals surface area (Å²) < 4.78 is 0. The molecule has 0 aliphatic rings. The lowest BCUT2D eigenvalue weighted by molar-refractivity contribution is -0.116. The first-order chi connectivity index (χ1) is 9.06. The van der Waals surface area contributed by atoms with Crippen LogP contribution in [0.4, 0.5) is 5.69 Å². The average Bonchev–Trinajstić information content (AvgIpc) is 2.37. The lowest BCUT2D eigenvalue weighted by Crippen LogP contribution is -2.14. The number of amides is 1. The maximum atomic E-state index is 12.0. The summed E-state index contributed by atoms with van der Waals surface area (Å²) in [6, 6.07) is 6.21. The molecule has 0 bridgehead atoms. The van der Waals surface area contributed by atoms with Crippen LogP contribution < -0.4 is 5.32 Å². The summed E-state index contributed by atoms with van der Waals surface area (Å²) in [5, 5.41) is 3.10.